The molecule has 1 aliphatic heterocycles. The highest BCUT2D eigenvalue weighted by molar-refractivity contribution is 7.94. The zero-order valence-corrected chi connectivity index (χ0v) is 11.6. The molecular formula is C13H11N3O4S. The van der Waals surface area contributed by atoms with Crippen molar-refractivity contribution in [3.05, 3.63) is 52.1 Å². The first-order valence-corrected chi connectivity index (χ1v) is 7.87. The predicted octanol–water partition coefficient (Wildman–Crippen LogP) is 1.87. The van der Waals surface area contributed by atoms with Crippen LogP contribution in [0.4, 0.5) is 11.4 Å². The Morgan fingerprint density at radius 1 is 1.33 bits per heavy atom. The molecule has 7 nitrogen and oxygen atoms in total. The summed E-state index contributed by atoms with van der Waals surface area (Å²) in [6, 6.07) is 6.50. The predicted molar refractivity (Wildman–Crippen MR) is 78.7 cm³/mol. The van der Waals surface area contributed by atoms with Crippen LogP contribution in [0.3, 0.4) is 0 Å². The van der Waals surface area contributed by atoms with Crippen molar-refractivity contribution in [3.63, 3.8) is 0 Å². The maximum atomic E-state index is 11.4. The molecule has 1 aliphatic rings. The minimum Gasteiger partial charge on any atom is -0.372 e. The molecule has 21 heavy (non-hydrogen) atoms. The number of nitro groups is 1. The molecule has 3 rings (SSSR count). The van der Waals surface area contributed by atoms with E-state index in [4.69, 9.17) is 0 Å². The average Bonchev–Trinajstić information content (AvgIpc) is 2.78. The minimum atomic E-state index is -3.23. The smallest absolute Gasteiger partial charge is 0.311 e. The standard InChI is InChI=1S/C13H11N3O4S/c17-16(18)12-7-14-11-4-2-1-3-10(11)13(12)15-9-5-6-21(19,20)8-9/h1-7,9H,8H2,(H,14,15). The van der Waals surface area contributed by atoms with Gasteiger partial charge in [0.2, 0.25) is 0 Å². The SMILES string of the molecule is O=[N+]([O-])c1cnc2ccccc2c1NC1C=CS(=O)(=O)C1. The zero-order valence-electron chi connectivity index (χ0n) is 10.8. The van der Waals surface area contributed by atoms with Gasteiger partial charge in [0.05, 0.1) is 22.2 Å². The Balaban J connectivity index is 2.09. The molecule has 0 amide bonds. The van der Waals surface area contributed by atoms with Gasteiger partial charge in [0.15, 0.2) is 9.84 Å². The van der Waals surface area contributed by atoms with E-state index in [0.717, 1.165) is 5.41 Å². The zero-order chi connectivity index (χ0) is 15.0. The van der Waals surface area contributed by atoms with Gasteiger partial charge in [0.25, 0.3) is 0 Å². The number of nitrogens with one attached hydrogen (secondary N) is 1. The highest BCUT2D eigenvalue weighted by Crippen LogP contribution is 2.32. The van der Waals surface area contributed by atoms with Gasteiger partial charge < -0.3 is 5.32 Å². The lowest BCUT2D eigenvalue weighted by Gasteiger charge is -2.13. The molecule has 2 heterocycles. The van der Waals surface area contributed by atoms with Crippen LogP contribution in [0.15, 0.2) is 41.9 Å². The fourth-order valence-corrected chi connectivity index (χ4v) is 3.51. The number of anilines is 1. The summed E-state index contributed by atoms with van der Waals surface area (Å²) in [6.45, 7) is 0. The van der Waals surface area contributed by atoms with Gasteiger partial charge in [-0.1, -0.05) is 24.3 Å². The lowest BCUT2D eigenvalue weighted by atomic mass is 10.1. The van der Waals surface area contributed by atoms with E-state index in [-0.39, 0.29) is 17.1 Å². The van der Waals surface area contributed by atoms with Gasteiger partial charge in [-0.25, -0.2) is 13.4 Å². The molecular weight excluding hydrogens is 294 g/mol. The van der Waals surface area contributed by atoms with Crippen molar-refractivity contribution in [2.75, 3.05) is 11.1 Å². The van der Waals surface area contributed by atoms with E-state index in [1.807, 2.05) is 0 Å². The normalized spacial score (nSPS) is 19.7. The summed E-state index contributed by atoms with van der Waals surface area (Å²) in [5, 5.41) is 15.8. The van der Waals surface area contributed by atoms with Gasteiger partial charge in [0, 0.05) is 10.8 Å². The second-order valence-corrected chi connectivity index (χ2v) is 6.63. The highest BCUT2D eigenvalue weighted by atomic mass is 32.2. The second-order valence-electron chi connectivity index (χ2n) is 4.70. The number of nitrogens with zero attached hydrogens (tertiary/aromatic N) is 2. The molecule has 1 atom stereocenters. The van der Waals surface area contributed by atoms with Crippen LogP contribution in [-0.4, -0.2) is 30.1 Å². The molecule has 0 radical (unpaired) electrons. The summed E-state index contributed by atoms with van der Waals surface area (Å²) in [4.78, 5) is 14.7. The van der Waals surface area contributed by atoms with Crippen molar-refractivity contribution in [1.29, 1.82) is 0 Å². The van der Waals surface area contributed by atoms with Gasteiger partial charge >= 0.3 is 5.69 Å². The van der Waals surface area contributed by atoms with Crippen molar-refractivity contribution in [2.45, 2.75) is 6.04 Å². The molecule has 1 aromatic heterocycles. The third-order valence-corrected chi connectivity index (χ3v) is 4.61. The van der Waals surface area contributed by atoms with Crippen LogP contribution >= 0.6 is 0 Å². The molecule has 1 aromatic carbocycles. The molecule has 8 heteroatoms. The number of benzene rings is 1. The maximum absolute atomic E-state index is 11.4. The first-order chi connectivity index (χ1) is 9.96. The number of hydrogen-bond acceptors (Lipinski definition) is 6. The average molecular weight is 305 g/mol. The molecule has 1 N–H and O–H groups in total. The molecule has 0 fully saturated rings. The third kappa shape index (κ3) is 2.57. The summed E-state index contributed by atoms with van der Waals surface area (Å²) < 4.78 is 22.9. The maximum Gasteiger partial charge on any atom is 0.311 e. The first-order valence-electron chi connectivity index (χ1n) is 6.16. The number of sulfone groups is 1. The molecule has 1 unspecified atom stereocenters. The van der Waals surface area contributed by atoms with E-state index >= 15 is 0 Å². The Morgan fingerprint density at radius 2 is 2.10 bits per heavy atom. The summed E-state index contributed by atoms with van der Waals surface area (Å²) in [7, 11) is -3.23. The van der Waals surface area contributed by atoms with E-state index in [2.05, 4.69) is 10.3 Å². The van der Waals surface area contributed by atoms with Crippen LogP contribution in [-0.2, 0) is 9.84 Å². The van der Waals surface area contributed by atoms with Crippen molar-refractivity contribution >= 4 is 32.1 Å². The van der Waals surface area contributed by atoms with E-state index in [1.54, 1.807) is 24.3 Å². The number of pyridine rings is 1. The van der Waals surface area contributed by atoms with Crippen LogP contribution in [0.2, 0.25) is 0 Å². The number of rotatable bonds is 3. The first kappa shape index (κ1) is 13.5. The van der Waals surface area contributed by atoms with Crippen molar-refractivity contribution in [3.8, 4) is 0 Å². The highest BCUT2D eigenvalue weighted by Gasteiger charge is 2.25. The summed E-state index contributed by atoms with van der Waals surface area (Å²) in [6.07, 6.45) is 2.67. The fraction of sp³-hybridized carbons (Fsp3) is 0.154. The van der Waals surface area contributed by atoms with E-state index < -0.39 is 20.8 Å². The van der Waals surface area contributed by atoms with Crippen molar-refractivity contribution < 1.29 is 13.3 Å². The molecule has 0 saturated carbocycles. The van der Waals surface area contributed by atoms with Crippen LogP contribution in [0.5, 0.6) is 0 Å². The molecule has 0 bridgehead atoms. The molecule has 0 spiro atoms. The van der Waals surface area contributed by atoms with E-state index in [9.17, 15) is 18.5 Å². The number of hydrogen-bond donors (Lipinski definition) is 1. The van der Waals surface area contributed by atoms with Gasteiger partial charge in [-0.05, 0) is 6.07 Å². The third-order valence-electron chi connectivity index (χ3n) is 3.21. The van der Waals surface area contributed by atoms with Crippen LogP contribution < -0.4 is 5.32 Å². The Morgan fingerprint density at radius 3 is 2.76 bits per heavy atom. The quantitative estimate of drug-likeness (QED) is 0.686. The van der Waals surface area contributed by atoms with Gasteiger partial charge in [-0.15, -0.1) is 0 Å². The molecule has 0 saturated heterocycles. The largest absolute Gasteiger partial charge is 0.372 e. The van der Waals surface area contributed by atoms with Gasteiger partial charge in [0.1, 0.15) is 11.9 Å². The molecule has 0 aliphatic carbocycles. The van der Waals surface area contributed by atoms with Gasteiger partial charge in [-0.3, -0.25) is 10.1 Å². The fourth-order valence-electron chi connectivity index (χ4n) is 2.27. The lowest BCUT2D eigenvalue weighted by Crippen LogP contribution is -2.21. The topological polar surface area (TPSA) is 102 Å². The molecule has 2 aromatic rings. The lowest BCUT2D eigenvalue weighted by molar-refractivity contribution is -0.384. The monoisotopic (exact) mass is 305 g/mol. The second kappa shape index (κ2) is 4.81. The number of para-hydroxylation sites is 1. The van der Waals surface area contributed by atoms with Crippen LogP contribution in [0, 0.1) is 10.1 Å². The van der Waals surface area contributed by atoms with E-state index in [1.165, 1.54) is 12.3 Å². The Hall–Kier alpha value is -2.48. The summed E-state index contributed by atoms with van der Waals surface area (Å²) >= 11 is 0. The van der Waals surface area contributed by atoms with Crippen molar-refractivity contribution in [1.82, 2.24) is 4.98 Å². The molecule has 108 valence electrons. The summed E-state index contributed by atoms with van der Waals surface area (Å²) in [5.41, 5.74) is 0.721. The summed E-state index contributed by atoms with van der Waals surface area (Å²) in [5.74, 6) is -0.110. The number of aromatic nitrogens is 1. The van der Waals surface area contributed by atoms with Crippen molar-refractivity contribution in [2.24, 2.45) is 0 Å². The Bertz CT molecular complexity index is 861. The van der Waals surface area contributed by atoms with Crippen LogP contribution in [0.25, 0.3) is 10.9 Å². The van der Waals surface area contributed by atoms with Gasteiger partial charge in [-0.2, -0.15) is 0 Å². The van der Waals surface area contributed by atoms with Crippen LogP contribution in [0.1, 0.15) is 0 Å². The minimum absolute atomic E-state index is 0.110. The Kier molecular flexibility index (Phi) is 3.09. The number of fused-ring (bicyclic) bond motifs is 1. The van der Waals surface area contributed by atoms with E-state index in [0.29, 0.717) is 10.9 Å². The Labute approximate surface area is 120 Å².